The van der Waals surface area contributed by atoms with Crippen molar-refractivity contribution in [2.24, 2.45) is 0 Å². The number of hydrogen-bond donors (Lipinski definition) is 0. The maximum atomic E-state index is 5.14. The van der Waals surface area contributed by atoms with Crippen molar-refractivity contribution >= 4 is 64.4 Å². The Kier molecular flexibility index (Phi) is 4.97. The summed E-state index contributed by atoms with van der Waals surface area (Å²) in [5.74, 6) is 2.11. The molecule has 5 heteroatoms. The summed E-state index contributed by atoms with van der Waals surface area (Å²) in [4.78, 5) is 0. The molecule has 0 aliphatic carbocycles. The fourth-order valence-corrected chi connectivity index (χ4v) is 1.66. The number of rotatable bonds is 0. The normalized spacial score (nSPS) is 10.4. The Morgan fingerprint density at radius 2 is 1.82 bits per heavy atom. The standard InChI is InChI=1S/C6H2I2O.HI.Ti/c7-3-1-2-4-6(9-4)5(3)8;;/h1-2H;1H;/q;;+1/p-1. The molecule has 0 aromatic heterocycles. The summed E-state index contributed by atoms with van der Waals surface area (Å²) in [6.07, 6.45) is 0. The molecule has 1 aliphatic heterocycles. The Hall–Kier alpha value is 1.92. The predicted molar refractivity (Wildman–Crippen MR) is 66.0 cm³/mol. The van der Waals surface area contributed by atoms with Crippen LogP contribution in [0, 0.1) is 7.14 Å². The molecular weight excluding hydrogens is 517 g/mol. The molecule has 11 heavy (non-hydrogen) atoms. The molecule has 0 radical (unpaired) electrons. The van der Waals surface area contributed by atoms with Crippen LogP contribution in [-0.4, -0.2) is 0 Å². The van der Waals surface area contributed by atoms with E-state index in [0.717, 1.165) is 11.5 Å². The molecule has 0 saturated carbocycles. The average Bonchev–Trinajstić information content (AvgIpc) is 2.81. The van der Waals surface area contributed by atoms with E-state index in [0.29, 0.717) is 0 Å². The molecule has 0 spiro atoms. The average molecular weight is 519 g/mol. The van der Waals surface area contributed by atoms with Gasteiger partial charge < -0.3 is 4.74 Å². The number of benzene rings is 1. The van der Waals surface area contributed by atoms with Gasteiger partial charge in [-0.25, -0.2) is 0 Å². The number of hydrogen-bond acceptors (Lipinski definition) is 1. The van der Waals surface area contributed by atoms with E-state index in [-0.39, 0.29) is 0 Å². The van der Waals surface area contributed by atoms with Gasteiger partial charge in [0.25, 0.3) is 0 Å². The summed E-state index contributed by atoms with van der Waals surface area (Å²) in [5, 5.41) is 0. The van der Waals surface area contributed by atoms with Gasteiger partial charge in [0.15, 0.2) is 11.5 Å². The van der Waals surface area contributed by atoms with Gasteiger partial charge in [0.1, 0.15) is 0 Å². The molecule has 1 aliphatic rings. The van der Waals surface area contributed by atoms with Crippen molar-refractivity contribution in [2.75, 3.05) is 0 Å². The minimum absolute atomic E-state index is 1.04. The number of halogens is 3. The van der Waals surface area contributed by atoms with E-state index in [1.165, 1.54) is 7.14 Å². The topological polar surface area (TPSA) is 12.5 Å². The third-order valence-electron chi connectivity index (χ3n) is 1.18. The van der Waals surface area contributed by atoms with E-state index >= 15 is 0 Å². The van der Waals surface area contributed by atoms with Crippen molar-refractivity contribution < 1.29 is 21.4 Å². The summed E-state index contributed by atoms with van der Waals surface area (Å²) in [7, 11) is 0. The third-order valence-corrected chi connectivity index (χ3v) is 4.19. The zero-order chi connectivity index (χ0) is 8.43. The van der Waals surface area contributed by atoms with Crippen molar-refractivity contribution in [2.45, 2.75) is 0 Å². The van der Waals surface area contributed by atoms with Gasteiger partial charge in [0, 0.05) is 3.57 Å². The molecule has 2 rings (SSSR count). The SMILES string of the molecule is Ic1ccc2c(c1I)O2.[Ti][I]. The van der Waals surface area contributed by atoms with Crippen LogP contribution in [0.3, 0.4) is 0 Å². The molecule has 0 unspecified atom stereocenters. The fraction of sp³-hybridized carbons (Fsp3) is 0. The molecule has 1 aromatic carbocycles. The molecule has 0 bridgehead atoms. The van der Waals surface area contributed by atoms with E-state index < -0.39 is 0 Å². The first-order chi connectivity index (χ1) is 5.29. The van der Waals surface area contributed by atoms with Crippen LogP contribution in [0.1, 0.15) is 0 Å². The quantitative estimate of drug-likeness (QED) is 0.293. The molecule has 1 aromatic rings. The number of ether oxygens (including phenoxy) is 1. The summed E-state index contributed by atoms with van der Waals surface area (Å²) in [6.45, 7) is 0. The van der Waals surface area contributed by atoms with Crippen molar-refractivity contribution in [3.05, 3.63) is 19.3 Å². The van der Waals surface area contributed by atoms with E-state index in [9.17, 15) is 0 Å². The van der Waals surface area contributed by atoms with Crippen LogP contribution in [0.25, 0.3) is 0 Å². The molecule has 0 saturated heterocycles. The van der Waals surface area contributed by atoms with E-state index in [1.54, 1.807) is 0 Å². The first-order valence-corrected chi connectivity index (χ1v) is 9.83. The first kappa shape index (κ1) is 11.0. The first-order valence-electron chi connectivity index (χ1n) is 2.64. The van der Waals surface area contributed by atoms with Crippen molar-refractivity contribution in [1.29, 1.82) is 0 Å². The van der Waals surface area contributed by atoms with Crippen LogP contribution in [0.5, 0.6) is 11.5 Å². The molecule has 1 nitrogen and oxygen atoms in total. The zero-order valence-corrected chi connectivity index (χ0v) is 13.2. The molecule has 0 amide bonds. The van der Waals surface area contributed by atoms with Crippen LogP contribution >= 0.6 is 64.4 Å². The third kappa shape index (κ3) is 2.68. The Bertz CT molecular complexity index is 273. The van der Waals surface area contributed by atoms with Crippen LogP contribution in [0.4, 0.5) is 0 Å². The van der Waals surface area contributed by atoms with Gasteiger partial charge in [-0.15, -0.1) is 0 Å². The van der Waals surface area contributed by atoms with Gasteiger partial charge in [-0.2, -0.15) is 0 Å². The van der Waals surface area contributed by atoms with E-state index in [4.69, 9.17) is 4.74 Å². The van der Waals surface area contributed by atoms with Gasteiger partial charge in [-0.1, -0.05) is 0 Å². The van der Waals surface area contributed by atoms with Gasteiger partial charge in [0.05, 0.1) is 3.57 Å². The summed E-state index contributed by atoms with van der Waals surface area (Å²) < 4.78 is 7.65. The molecule has 1 heterocycles. The Morgan fingerprint density at radius 3 is 2.36 bits per heavy atom. The molecule has 0 fully saturated rings. The monoisotopic (exact) mass is 519 g/mol. The fourth-order valence-electron chi connectivity index (χ4n) is 0.678. The second-order valence-corrected chi connectivity index (χ2v) is 4.03. The van der Waals surface area contributed by atoms with Crippen molar-refractivity contribution in [1.82, 2.24) is 0 Å². The Balaban J connectivity index is 0.000000281. The van der Waals surface area contributed by atoms with Gasteiger partial charge in [-0.3, -0.25) is 0 Å². The molecule has 0 atom stereocenters. The second-order valence-electron chi connectivity index (χ2n) is 1.79. The molecule has 57 valence electrons. The molecule has 0 N–H and O–H groups in total. The van der Waals surface area contributed by atoms with Crippen LogP contribution < -0.4 is 4.74 Å². The maximum absolute atomic E-state index is 5.14. The van der Waals surface area contributed by atoms with Crippen LogP contribution in [0.15, 0.2) is 12.1 Å². The Morgan fingerprint density at radius 1 is 1.18 bits per heavy atom. The minimum atomic E-state index is 1.04. The van der Waals surface area contributed by atoms with Gasteiger partial charge in [-0.05, 0) is 57.3 Å². The van der Waals surface area contributed by atoms with Gasteiger partial charge >= 0.3 is 35.9 Å². The molecular formula is C6H2I3OTi. The summed E-state index contributed by atoms with van der Waals surface area (Å²) in [6, 6.07) is 4.06. The van der Waals surface area contributed by atoms with E-state index in [1.807, 2.05) is 22.8 Å². The zero-order valence-electron chi connectivity index (χ0n) is 5.20. The van der Waals surface area contributed by atoms with Crippen molar-refractivity contribution in [3.63, 3.8) is 0 Å². The summed E-state index contributed by atoms with van der Waals surface area (Å²) >= 11 is 8.70. The number of fused-ring (bicyclic) bond motifs is 1. The predicted octanol–water partition coefficient (Wildman–Crippen LogP) is 3.88. The van der Waals surface area contributed by atoms with Crippen molar-refractivity contribution in [3.8, 4) is 11.5 Å². The summed E-state index contributed by atoms with van der Waals surface area (Å²) in [5.41, 5.74) is 0. The second kappa shape index (κ2) is 4.97. The van der Waals surface area contributed by atoms with Crippen LogP contribution in [-0.2, 0) is 16.7 Å². The van der Waals surface area contributed by atoms with Crippen LogP contribution in [0.2, 0.25) is 0 Å². The van der Waals surface area contributed by atoms with E-state index in [2.05, 4.69) is 70.4 Å². The Labute approximate surface area is 114 Å². The van der Waals surface area contributed by atoms with Gasteiger partial charge in [0.2, 0.25) is 0 Å².